The minimum Gasteiger partial charge on any atom is -0.369 e. The lowest BCUT2D eigenvalue weighted by Gasteiger charge is -2.35. The molecule has 2 aromatic carbocycles. The molecule has 0 unspecified atom stereocenters. The standard InChI is InChI=1S/C27H32N8/c1-4-33-14-16-34(17-15-33)23-10-8-22(9-11-23)31-24-18-25(30-19-29-24)35-13-12-28-27(35)32-26-20(2)6-5-7-21(26)3/h5-13,18-19H,4,14-17H2,1-3H3,(H,28,32)(H,29,30,31). The van der Waals surface area contributed by atoms with E-state index in [1.165, 1.54) is 16.8 Å². The molecular formula is C27H32N8. The van der Waals surface area contributed by atoms with Gasteiger partial charge in [-0.15, -0.1) is 0 Å². The first-order chi connectivity index (χ1) is 17.1. The zero-order chi connectivity index (χ0) is 24.2. The molecule has 5 rings (SSSR count). The van der Waals surface area contributed by atoms with E-state index in [0.717, 1.165) is 55.7 Å². The number of imidazole rings is 1. The molecule has 180 valence electrons. The second kappa shape index (κ2) is 10.1. The van der Waals surface area contributed by atoms with Crippen molar-refractivity contribution in [3.8, 4) is 5.82 Å². The Morgan fingerprint density at radius 2 is 1.60 bits per heavy atom. The van der Waals surface area contributed by atoms with E-state index in [1.807, 2.05) is 16.8 Å². The van der Waals surface area contributed by atoms with Gasteiger partial charge in [-0.3, -0.25) is 4.57 Å². The quantitative estimate of drug-likeness (QED) is 0.399. The van der Waals surface area contributed by atoms with E-state index in [0.29, 0.717) is 5.95 Å². The van der Waals surface area contributed by atoms with Gasteiger partial charge in [-0.2, -0.15) is 0 Å². The molecule has 2 aromatic heterocycles. The molecule has 0 amide bonds. The van der Waals surface area contributed by atoms with E-state index in [-0.39, 0.29) is 0 Å². The molecule has 8 nitrogen and oxygen atoms in total. The van der Waals surface area contributed by atoms with E-state index < -0.39 is 0 Å². The zero-order valence-electron chi connectivity index (χ0n) is 20.6. The van der Waals surface area contributed by atoms with E-state index in [9.17, 15) is 0 Å². The Morgan fingerprint density at radius 1 is 0.857 bits per heavy atom. The first kappa shape index (κ1) is 22.9. The summed E-state index contributed by atoms with van der Waals surface area (Å²) in [6.45, 7) is 11.9. The summed E-state index contributed by atoms with van der Waals surface area (Å²) in [4.78, 5) is 18.4. The maximum atomic E-state index is 4.51. The number of para-hydroxylation sites is 1. The lowest BCUT2D eigenvalue weighted by molar-refractivity contribution is 0.271. The Bertz CT molecular complexity index is 1250. The average molecular weight is 469 g/mol. The zero-order valence-corrected chi connectivity index (χ0v) is 20.6. The number of benzene rings is 2. The van der Waals surface area contributed by atoms with Gasteiger partial charge in [-0.25, -0.2) is 15.0 Å². The normalized spacial score (nSPS) is 14.2. The number of aromatic nitrogens is 4. The molecule has 4 aromatic rings. The Labute approximate surface area is 206 Å². The number of nitrogens with zero attached hydrogens (tertiary/aromatic N) is 6. The summed E-state index contributed by atoms with van der Waals surface area (Å²) >= 11 is 0. The summed E-state index contributed by atoms with van der Waals surface area (Å²) < 4.78 is 1.93. The number of nitrogens with one attached hydrogen (secondary N) is 2. The predicted molar refractivity (Wildman–Crippen MR) is 142 cm³/mol. The molecule has 2 N–H and O–H groups in total. The highest BCUT2D eigenvalue weighted by Gasteiger charge is 2.16. The fraction of sp³-hybridized carbons (Fsp3) is 0.296. The lowest BCUT2D eigenvalue weighted by Crippen LogP contribution is -2.46. The van der Waals surface area contributed by atoms with Crippen molar-refractivity contribution < 1.29 is 0 Å². The Hall–Kier alpha value is -3.91. The Kier molecular flexibility index (Phi) is 6.63. The maximum absolute atomic E-state index is 4.51. The number of hydrogen-bond donors (Lipinski definition) is 2. The third-order valence-corrected chi connectivity index (χ3v) is 6.58. The van der Waals surface area contributed by atoms with Gasteiger partial charge in [0.2, 0.25) is 5.95 Å². The van der Waals surface area contributed by atoms with E-state index >= 15 is 0 Å². The van der Waals surface area contributed by atoms with E-state index in [2.05, 4.69) is 98.6 Å². The topological polar surface area (TPSA) is 74.1 Å². The van der Waals surface area contributed by atoms with Crippen LogP contribution in [0.1, 0.15) is 18.1 Å². The van der Waals surface area contributed by atoms with Crippen LogP contribution < -0.4 is 15.5 Å². The van der Waals surface area contributed by atoms with Gasteiger partial charge in [0.15, 0.2) is 0 Å². The molecule has 1 fully saturated rings. The minimum absolute atomic E-state index is 0.708. The number of aryl methyl sites for hydroxylation is 2. The summed E-state index contributed by atoms with van der Waals surface area (Å²) in [5.74, 6) is 2.17. The van der Waals surface area contributed by atoms with Crippen LogP contribution in [0.3, 0.4) is 0 Å². The van der Waals surface area contributed by atoms with Crippen molar-refractivity contribution in [2.75, 3.05) is 48.3 Å². The lowest BCUT2D eigenvalue weighted by atomic mass is 10.1. The predicted octanol–water partition coefficient (Wildman–Crippen LogP) is 4.91. The molecule has 0 atom stereocenters. The maximum Gasteiger partial charge on any atom is 0.213 e. The molecule has 0 radical (unpaired) electrons. The van der Waals surface area contributed by atoms with Crippen molar-refractivity contribution in [1.82, 2.24) is 24.4 Å². The first-order valence-corrected chi connectivity index (χ1v) is 12.1. The number of rotatable bonds is 7. The molecule has 0 spiro atoms. The third kappa shape index (κ3) is 5.12. The van der Waals surface area contributed by atoms with Crippen molar-refractivity contribution >= 4 is 28.8 Å². The van der Waals surface area contributed by atoms with Gasteiger partial charge in [-0.1, -0.05) is 25.1 Å². The number of hydrogen-bond acceptors (Lipinski definition) is 7. The van der Waals surface area contributed by atoms with Crippen molar-refractivity contribution in [2.24, 2.45) is 0 Å². The fourth-order valence-electron chi connectivity index (χ4n) is 4.48. The largest absolute Gasteiger partial charge is 0.369 e. The molecule has 3 heterocycles. The highest BCUT2D eigenvalue weighted by molar-refractivity contribution is 5.65. The Balaban J connectivity index is 1.30. The van der Waals surface area contributed by atoms with E-state index in [4.69, 9.17) is 0 Å². The molecular weight excluding hydrogens is 436 g/mol. The van der Waals surface area contributed by atoms with Gasteiger partial charge in [0.1, 0.15) is 18.0 Å². The second-order valence-electron chi connectivity index (χ2n) is 8.87. The van der Waals surface area contributed by atoms with Crippen molar-refractivity contribution in [1.29, 1.82) is 0 Å². The van der Waals surface area contributed by atoms with Crippen LogP contribution in [-0.2, 0) is 0 Å². The molecule has 8 heteroatoms. The molecule has 1 aliphatic heterocycles. The summed E-state index contributed by atoms with van der Waals surface area (Å²) in [6.07, 6.45) is 5.24. The van der Waals surface area contributed by atoms with Gasteiger partial charge in [-0.05, 0) is 55.8 Å². The van der Waals surface area contributed by atoms with E-state index in [1.54, 1.807) is 12.5 Å². The van der Waals surface area contributed by atoms with Crippen molar-refractivity contribution in [3.05, 3.63) is 78.4 Å². The summed E-state index contributed by atoms with van der Waals surface area (Å²) in [5, 5.41) is 6.87. The second-order valence-corrected chi connectivity index (χ2v) is 8.87. The van der Waals surface area contributed by atoms with Crippen LogP contribution in [0.5, 0.6) is 0 Å². The van der Waals surface area contributed by atoms with Gasteiger partial charge in [0.05, 0.1) is 0 Å². The average Bonchev–Trinajstić information content (AvgIpc) is 3.35. The van der Waals surface area contributed by atoms with Crippen LogP contribution in [0.15, 0.2) is 67.3 Å². The number of likely N-dealkylation sites (N-methyl/N-ethyl adjacent to an activating group) is 1. The smallest absolute Gasteiger partial charge is 0.213 e. The fourth-order valence-corrected chi connectivity index (χ4v) is 4.48. The number of piperazine rings is 1. The minimum atomic E-state index is 0.708. The highest BCUT2D eigenvalue weighted by atomic mass is 15.3. The Morgan fingerprint density at radius 3 is 2.31 bits per heavy atom. The van der Waals surface area contributed by atoms with Gasteiger partial charge in [0, 0.05) is 61.7 Å². The number of anilines is 5. The molecule has 35 heavy (non-hydrogen) atoms. The monoisotopic (exact) mass is 468 g/mol. The third-order valence-electron chi connectivity index (χ3n) is 6.58. The van der Waals surface area contributed by atoms with Crippen LogP contribution in [0.2, 0.25) is 0 Å². The van der Waals surface area contributed by atoms with Crippen LogP contribution in [0.25, 0.3) is 5.82 Å². The summed E-state index contributed by atoms with van der Waals surface area (Å²) in [6, 6.07) is 16.7. The molecule has 0 bridgehead atoms. The molecule has 1 aliphatic rings. The first-order valence-electron chi connectivity index (χ1n) is 12.1. The van der Waals surface area contributed by atoms with Gasteiger partial charge >= 0.3 is 0 Å². The van der Waals surface area contributed by atoms with Crippen LogP contribution in [-0.4, -0.2) is 57.1 Å². The summed E-state index contributed by atoms with van der Waals surface area (Å²) in [5.41, 5.74) is 5.64. The van der Waals surface area contributed by atoms with Gasteiger partial charge < -0.3 is 20.4 Å². The molecule has 0 saturated carbocycles. The van der Waals surface area contributed by atoms with Crippen molar-refractivity contribution in [3.63, 3.8) is 0 Å². The van der Waals surface area contributed by atoms with Gasteiger partial charge in [0.25, 0.3) is 0 Å². The molecule has 1 saturated heterocycles. The van der Waals surface area contributed by atoms with Crippen LogP contribution in [0, 0.1) is 13.8 Å². The highest BCUT2D eigenvalue weighted by Crippen LogP contribution is 2.26. The molecule has 0 aliphatic carbocycles. The SMILES string of the molecule is CCN1CCN(c2ccc(Nc3cc(-n4ccnc4Nc4c(C)cccc4C)ncn3)cc2)CC1. The summed E-state index contributed by atoms with van der Waals surface area (Å²) in [7, 11) is 0. The van der Waals surface area contributed by atoms with Crippen LogP contribution in [0.4, 0.5) is 28.8 Å². The van der Waals surface area contributed by atoms with Crippen molar-refractivity contribution in [2.45, 2.75) is 20.8 Å². The van der Waals surface area contributed by atoms with Crippen LogP contribution >= 0.6 is 0 Å².